The number of allylic oxidation sites excluding steroid dienone is 3. The zero-order valence-electron chi connectivity index (χ0n) is 12.7. The highest BCUT2D eigenvalue weighted by Crippen LogP contribution is 2.23. The molecule has 0 aliphatic rings. The first-order chi connectivity index (χ1) is 11.4. The minimum Gasteiger partial charge on any atom is -0.483 e. The molecular weight excluding hydrogens is 352 g/mol. The monoisotopic (exact) mass is 366 g/mol. The number of rotatable bonds is 6. The molecule has 3 N–H and O–H groups in total. The molecule has 2 rings (SSSR count). The van der Waals surface area contributed by atoms with Gasteiger partial charge in [-0.2, -0.15) is 0 Å². The molecule has 0 fully saturated rings. The molecule has 2 aromatic rings. The molecule has 9 heteroatoms. The first-order valence-electron chi connectivity index (χ1n) is 6.66. The van der Waals surface area contributed by atoms with Crippen LogP contribution in [0.2, 0.25) is 5.15 Å². The lowest BCUT2D eigenvalue weighted by molar-refractivity contribution is 0.287. The van der Waals surface area contributed by atoms with E-state index in [1.54, 1.807) is 24.3 Å². The van der Waals surface area contributed by atoms with Gasteiger partial charge in [-0.05, 0) is 30.4 Å². The summed E-state index contributed by atoms with van der Waals surface area (Å²) in [5, 5.41) is -0.0624. The molecule has 7 nitrogen and oxygen atoms in total. The summed E-state index contributed by atoms with van der Waals surface area (Å²) in [6.07, 6.45) is 3.70. The fourth-order valence-corrected chi connectivity index (χ4v) is 2.95. The van der Waals surface area contributed by atoms with E-state index in [0.29, 0.717) is 11.0 Å². The van der Waals surface area contributed by atoms with Crippen LogP contribution in [-0.4, -0.2) is 25.5 Å². The van der Waals surface area contributed by atoms with Crippen LogP contribution in [0.5, 0.6) is 0 Å². The Hall–Kier alpha value is -2.58. The number of anilines is 1. The number of nitrogens with two attached hydrogens (primary N) is 1. The van der Waals surface area contributed by atoms with E-state index in [0.717, 1.165) is 6.08 Å². The Bertz CT molecular complexity index is 939. The number of ether oxygens (including phenoxy) is 1. The lowest BCUT2D eigenvalue weighted by Crippen LogP contribution is -2.15. The van der Waals surface area contributed by atoms with Crippen LogP contribution in [0.25, 0.3) is 11.0 Å². The van der Waals surface area contributed by atoms with Gasteiger partial charge in [0.05, 0.1) is 23.0 Å². The number of fused-ring (bicyclic) bond motifs is 1. The zero-order valence-corrected chi connectivity index (χ0v) is 14.3. The molecule has 0 bridgehead atoms. The maximum absolute atomic E-state index is 12.4. The number of hydrogen-bond acceptors (Lipinski definition) is 6. The number of nitrogens with zero attached hydrogens (tertiary/aromatic N) is 2. The molecule has 0 saturated carbocycles. The molecule has 1 heterocycles. The second kappa shape index (κ2) is 7.33. The Labute approximate surface area is 144 Å². The van der Waals surface area contributed by atoms with Crippen molar-refractivity contribution in [3.8, 4) is 0 Å². The van der Waals surface area contributed by atoms with E-state index in [9.17, 15) is 8.42 Å². The number of sulfonamides is 1. The van der Waals surface area contributed by atoms with E-state index < -0.39 is 10.0 Å². The van der Waals surface area contributed by atoms with Crippen LogP contribution in [0, 0.1) is 0 Å². The summed E-state index contributed by atoms with van der Waals surface area (Å²) in [5.74, 6) is -0.0279. The average molecular weight is 367 g/mol. The minimum atomic E-state index is -3.97. The van der Waals surface area contributed by atoms with E-state index in [4.69, 9.17) is 22.1 Å². The highest BCUT2D eigenvalue weighted by molar-refractivity contribution is 7.96. The molecule has 0 radical (unpaired) electrons. The summed E-state index contributed by atoms with van der Waals surface area (Å²) >= 11 is 6.01. The van der Waals surface area contributed by atoms with Gasteiger partial charge in [0.25, 0.3) is 10.0 Å². The Morgan fingerprint density at radius 3 is 2.50 bits per heavy atom. The van der Waals surface area contributed by atoms with E-state index >= 15 is 0 Å². The summed E-state index contributed by atoms with van der Waals surface area (Å²) in [6.45, 7) is 3.48. The number of para-hydroxylation sites is 2. The van der Waals surface area contributed by atoms with Crippen LogP contribution >= 0.6 is 11.6 Å². The third-order valence-corrected chi connectivity index (χ3v) is 4.57. The quantitative estimate of drug-likeness (QED) is 0.601. The Morgan fingerprint density at radius 2 is 1.92 bits per heavy atom. The van der Waals surface area contributed by atoms with Crippen LogP contribution in [0.3, 0.4) is 0 Å². The molecule has 0 saturated heterocycles. The van der Waals surface area contributed by atoms with Crippen molar-refractivity contribution in [3.63, 3.8) is 0 Å². The first-order valence-corrected chi connectivity index (χ1v) is 8.52. The summed E-state index contributed by atoms with van der Waals surface area (Å²) in [4.78, 5) is 8.16. The van der Waals surface area contributed by atoms with Crippen LogP contribution in [0.1, 0.15) is 0 Å². The van der Waals surface area contributed by atoms with Crippen molar-refractivity contribution in [2.24, 2.45) is 5.73 Å². The Kier molecular flexibility index (Phi) is 5.42. The fourth-order valence-electron chi connectivity index (χ4n) is 1.73. The van der Waals surface area contributed by atoms with E-state index in [1.807, 2.05) is 0 Å². The third-order valence-electron chi connectivity index (χ3n) is 2.92. The van der Waals surface area contributed by atoms with E-state index in [1.165, 1.54) is 19.3 Å². The lowest BCUT2D eigenvalue weighted by Gasteiger charge is -2.09. The van der Waals surface area contributed by atoms with Crippen molar-refractivity contribution < 1.29 is 13.2 Å². The topological polar surface area (TPSA) is 107 Å². The van der Waals surface area contributed by atoms with Crippen molar-refractivity contribution in [2.75, 3.05) is 11.8 Å². The molecule has 0 amide bonds. The standard InChI is InChI=1S/C15H15ClN4O3S/c1-3-10(8-9-13(17)23-2)24(21,22)20-15-14(16)18-11-6-4-5-7-12(11)19-15/h3-9H,1,17H2,2H3,(H,19,20)/b10-8+,13-9+. The van der Waals surface area contributed by atoms with Crippen molar-refractivity contribution in [2.45, 2.75) is 0 Å². The maximum Gasteiger partial charge on any atom is 0.263 e. The third kappa shape index (κ3) is 4.03. The van der Waals surface area contributed by atoms with Crippen LogP contribution < -0.4 is 10.5 Å². The smallest absolute Gasteiger partial charge is 0.263 e. The largest absolute Gasteiger partial charge is 0.483 e. The van der Waals surface area contributed by atoms with Gasteiger partial charge in [-0.15, -0.1) is 0 Å². The highest BCUT2D eigenvalue weighted by Gasteiger charge is 2.18. The number of nitrogens with one attached hydrogen (secondary N) is 1. The normalized spacial score (nSPS) is 12.9. The van der Waals surface area contributed by atoms with Crippen LogP contribution in [0.4, 0.5) is 5.82 Å². The molecule has 126 valence electrons. The zero-order chi connectivity index (χ0) is 17.7. The predicted molar refractivity (Wildman–Crippen MR) is 94.6 cm³/mol. The molecule has 0 aliphatic carbocycles. The minimum absolute atomic E-state index is 0.0491. The summed E-state index contributed by atoms with van der Waals surface area (Å²) < 4.78 is 31.9. The van der Waals surface area contributed by atoms with Crippen molar-refractivity contribution in [1.82, 2.24) is 9.97 Å². The highest BCUT2D eigenvalue weighted by atomic mass is 35.5. The summed E-state index contributed by atoms with van der Waals surface area (Å²) in [5.41, 5.74) is 6.52. The van der Waals surface area contributed by atoms with Gasteiger partial charge in [-0.3, -0.25) is 4.72 Å². The van der Waals surface area contributed by atoms with Gasteiger partial charge in [0, 0.05) is 0 Å². The fraction of sp³-hybridized carbons (Fsp3) is 0.0667. The number of hydrogen-bond donors (Lipinski definition) is 2. The maximum atomic E-state index is 12.4. The number of benzene rings is 1. The van der Waals surface area contributed by atoms with Gasteiger partial charge in [0.2, 0.25) is 0 Å². The van der Waals surface area contributed by atoms with Crippen molar-refractivity contribution in [1.29, 1.82) is 0 Å². The van der Waals surface area contributed by atoms with Gasteiger partial charge in [0.1, 0.15) is 0 Å². The van der Waals surface area contributed by atoms with Crippen molar-refractivity contribution >= 4 is 38.5 Å². The molecule has 0 aliphatic heterocycles. The summed E-state index contributed by atoms with van der Waals surface area (Å²) in [6, 6.07) is 6.96. The number of halogens is 1. The SMILES string of the molecule is C=C/C(=C\C=C(/N)OC)S(=O)(=O)Nc1nc2ccccc2nc1Cl. The van der Waals surface area contributed by atoms with Crippen LogP contribution in [0.15, 0.2) is 59.9 Å². The first kappa shape index (κ1) is 17.8. The van der Waals surface area contributed by atoms with E-state index in [-0.39, 0.29) is 21.8 Å². The van der Waals surface area contributed by atoms with Gasteiger partial charge in [-0.25, -0.2) is 18.4 Å². The lowest BCUT2D eigenvalue weighted by atomic mass is 10.3. The Morgan fingerprint density at radius 1 is 1.29 bits per heavy atom. The second-order valence-electron chi connectivity index (χ2n) is 4.50. The number of aromatic nitrogens is 2. The molecule has 1 aromatic carbocycles. The van der Waals surface area contributed by atoms with Gasteiger partial charge >= 0.3 is 0 Å². The van der Waals surface area contributed by atoms with Gasteiger partial charge in [0.15, 0.2) is 16.9 Å². The van der Waals surface area contributed by atoms with Crippen molar-refractivity contribution in [3.05, 3.63) is 65.0 Å². The predicted octanol–water partition coefficient (Wildman–Crippen LogP) is 2.54. The molecule has 1 aromatic heterocycles. The number of methoxy groups -OCH3 is 1. The molecule has 24 heavy (non-hydrogen) atoms. The molecule has 0 spiro atoms. The average Bonchev–Trinajstić information content (AvgIpc) is 2.55. The molecule has 0 unspecified atom stereocenters. The second-order valence-corrected chi connectivity index (χ2v) is 6.54. The Balaban J connectivity index is 2.41. The molecule has 0 atom stereocenters. The van der Waals surface area contributed by atoms with Crippen LogP contribution in [-0.2, 0) is 14.8 Å². The van der Waals surface area contributed by atoms with E-state index in [2.05, 4.69) is 21.3 Å². The summed E-state index contributed by atoms with van der Waals surface area (Å²) in [7, 11) is -2.60. The van der Waals surface area contributed by atoms with Gasteiger partial charge in [-0.1, -0.05) is 30.3 Å². The van der Waals surface area contributed by atoms with Gasteiger partial charge < -0.3 is 10.5 Å². The molecular formula is C15H15ClN4O3S.